The number of hydrogen-bond acceptors (Lipinski definition) is 2. The van der Waals surface area contributed by atoms with E-state index < -0.39 is 12.2 Å². The van der Waals surface area contributed by atoms with Crippen LogP contribution in [-0.2, 0) is 21.1 Å². The Hall–Kier alpha value is 0.488. The molecule has 0 fully saturated rings. The molecule has 74 valence electrons. The van der Waals surface area contributed by atoms with Gasteiger partial charge in [-0.05, 0) is 0 Å². The second-order valence-electron chi connectivity index (χ2n) is 1.63. The van der Waals surface area contributed by atoms with Gasteiger partial charge in [0.2, 0.25) is 0 Å². The van der Waals surface area contributed by atoms with Gasteiger partial charge in [-0.15, -0.1) is 6.54 Å². The van der Waals surface area contributed by atoms with E-state index in [4.69, 9.17) is 15.9 Å². The third-order valence-corrected chi connectivity index (χ3v) is 0.949. The maximum atomic E-state index is 8.69. The minimum Gasteiger partial charge on any atom is -0.675 e. The molecular weight excluding hydrogens is 333 g/mol. The first kappa shape index (κ1) is 22.5. The topological polar surface area (TPSA) is 127 Å². The second-order valence-corrected chi connectivity index (χ2v) is 1.63. The van der Waals surface area contributed by atoms with Gasteiger partial charge in [-0.3, -0.25) is 0 Å². The Bertz CT molecular complexity index is 58.4. The van der Waals surface area contributed by atoms with Gasteiger partial charge in [-0.1, -0.05) is 0 Å². The van der Waals surface area contributed by atoms with Crippen LogP contribution in [0.2, 0.25) is 0 Å². The molecule has 2 atom stereocenters. The quantitative estimate of drug-likeness (QED) is 0.592. The van der Waals surface area contributed by atoms with Gasteiger partial charge in [0, 0.05) is 0 Å². The molecule has 0 saturated heterocycles. The first-order valence-electron chi connectivity index (χ1n) is 2.52. The summed E-state index contributed by atoms with van der Waals surface area (Å²) in [5.41, 5.74) is 6.60. The fourth-order valence-corrected chi connectivity index (χ4v) is 0.328. The predicted molar refractivity (Wildman–Crippen MR) is 38.4 cm³/mol. The van der Waals surface area contributed by atoms with E-state index >= 15 is 0 Å². The molecule has 0 saturated carbocycles. The zero-order valence-electron chi connectivity index (χ0n) is 5.99. The molecule has 0 rings (SSSR count). The summed E-state index contributed by atoms with van der Waals surface area (Å²) in [5.74, 6) is 0. The Labute approximate surface area is 80.5 Å². The molecule has 0 aliphatic heterocycles. The molecule has 0 spiro atoms. The van der Waals surface area contributed by atoms with Crippen LogP contribution < -0.4 is 0 Å². The molecule has 0 amide bonds. The molecule has 0 heterocycles. The summed E-state index contributed by atoms with van der Waals surface area (Å²) in [6, 6.07) is 0. The molecule has 5 nitrogen and oxygen atoms in total. The summed E-state index contributed by atoms with van der Waals surface area (Å²) in [6.07, 6.45) is -1.49. The summed E-state index contributed by atoms with van der Waals surface area (Å²) in [4.78, 5) is 0. The molecule has 0 aliphatic carbocycles. The molecule has 7 N–H and O–H groups in total. The van der Waals surface area contributed by atoms with Gasteiger partial charge in [-0.25, -0.2) is 0 Å². The van der Waals surface area contributed by atoms with Crippen molar-refractivity contribution in [1.29, 1.82) is 0 Å². The van der Waals surface area contributed by atoms with Crippen LogP contribution >= 0.6 is 0 Å². The third-order valence-electron chi connectivity index (χ3n) is 0.949. The fourth-order valence-electron chi connectivity index (χ4n) is 0.328. The van der Waals surface area contributed by atoms with Crippen molar-refractivity contribution in [3.05, 3.63) is 12.7 Å². The smallest absolute Gasteiger partial charge is 0.675 e. The van der Waals surface area contributed by atoms with E-state index in [9.17, 15) is 0 Å². The summed E-state index contributed by atoms with van der Waals surface area (Å²) >= 11 is 0. The van der Waals surface area contributed by atoms with E-state index in [1.807, 2.05) is 0 Å². The van der Waals surface area contributed by atoms with Crippen LogP contribution in [-0.4, -0.2) is 39.9 Å². The van der Waals surface area contributed by atoms with Crippen LogP contribution in [0.3, 0.4) is 0 Å². The summed E-state index contributed by atoms with van der Waals surface area (Å²) in [5, 5.41) is 17.3. The van der Waals surface area contributed by atoms with Gasteiger partial charge < -0.3 is 33.8 Å². The number of aliphatic hydroxyl groups is 2. The van der Waals surface area contributed by atoms with E-state index in [-0.39, 0.29) is 45.0 Å². The summed E-state index contributed by atoms with van der Waals surface area (Å²) in [7, 11) is 0. The van der Waals surface area contributed by atoms with Crippen molar-refractivity contribution in [2.75, 3.05) is 6.54 Å². The normalized spacial score (nSPS) is 13.1. The Morgan fingerprint density at radius 3 is 1.64 bits per heavy atom. The van der Waals surface area contributed by atoms with Crippen LogP contribution in [0.1, 0.15) is 6.42 Å². The molecule has 0 aromatic carbocycles. The maximum Gasteiger partial charge on any atom is 2.00 e. The second kappa shape index (κ2) is 13.1. The molecule has 0 bridgehead atoms. The molecule has 0 aromatic heterocycles. The first-order valence-corrected chi connectivity index (χ1v) is 2.52. The minimum absolute atomic E-state index is 0. The number of nitrogens with one attached hydrogen (secondary N) is 1. The number of hydrogen-bond donors (Lipinski definition) is 2. The van der Waals surface area contributed by atoms with E-state index in [0.717, 1.165) is 0 Å². The van der Waals surface area contributed by atoms with Crippen LogP contribution in [0.15, 0.2) is 0 Å². The van der Waals surface area contributed by atoms with Crippen molar-refractivity contribution in [1.82, 2.24) is 0 Å². The van der Waals surface area contributed by atoms with Gasteiger partial charge in [-0.2, -0.15) is 6.42 Å². The molecule has 0 aromatic rings. The predicted octanol–water partition coefficient (Wildman–Crippen LogP) is -1.67. The molecule has 6 heteroatoms. The van der Waals surface area contributed by atoms with Crippen molar-refractivity contribution in [3.63, 3.8) is 0 Å². The average molecular weight is 348 g/mol. The third kappa shape index (κ3) is 10.5. The molecule has 2 unspecified atom stereocenters. The molecule has 11 heavy (non-hydrogen) atoms. The Balaban J connectivity index is -0.0000000817. The average Bonchev–Trinajstić information content (AvgIpc) is 1.84. The minimum atomic E-state index is -0.924. The van der Waals surface area contributed by atoms with Crippen LogP contribution in [0.5, 0.6) is 0 Å². The Morgan fingerprint density at radius 1 is 1.18 bits per heavy atom. The van der Waals surface area contributed by atoms with Gasteiger partial charge in [0.05, 0.1) is 12.2 Å². The van der Waals surface area contributed by atoms with Gasteiger partial charge >= 0.3 is 21.1 Å². The van der Waals surface area contributed by atoms with Crippen molar-refractivity contribution >= 4 is 0 Å². The van der Waals surface area contributed by atoms with E-state index in [1.54, 1.807) is 0 Å². The van der Waals surface area contributed by atoms with Crippen molar-refractivity contribution in [2.45, 2.75) is 18.6 Å². The van der Waals surface area contributed by atoms with E-state index in [1.165, 1.54) is 0 Å². The Morgan fingerprint density at radius 2 is 1.55 bits per heavy atom. The summed E-state index contributed by atoms with van der Waals surface area (Å²) < 4.78 is 0. The molecular formula is C5H15NO4Pt. The Kier molecular flexibility index (Phi) is 26.9. The van der Waals surface area contributed by atoms with Crippen molar-refractivity contribution in [2.24, 2.45) is 0 Å². The zero-order valence-corrected chi connectivity index (χ0v) is 8.26. The number of aliphatic hydroxyl groups excluding tert-OH is 2. The molecule has 0 radical (unpaired) electrons. The van der Waals surface area contributed by atoms with Crippen LogP contribution in [0.4, 0.5) is 0 Å². The van der Waals surface area contributed by atoms with Crippen LogP contribution in [0.25, 0.3) is 5.73 Å². The van der Waals surface area contributed by atoms with Crippen molar-refractivity contribution < 1.29 is 42.2 Å². The van der Waals surface area contributed by atoms with E-state index in [0.29, 0.717) is 0 Å². The van der Waals surface area contributed by atoms with Gasteiger partial charge in [0.1, 0.15) is 0 Å². The zero-order chi connectivity index (χ0) is 6.57. The number of rotatable bonds is 3. The maximum absolute atomic E-state index is 8.69. The SMILES string of the molecule is O.O.[CH2-]CC(O)C(O)C[NH-].[Pt+2]. The van der Waals surface area contributed by atoms with Gasteiger partial charge in [0.15, 0.2) is 0 Å². The molecule has 0 aliphatic rings. The monoisotopic (exact) mass is 348 g/mol. The first-order chi connectivity index (χ1) is 3.72. The van der Waals surface area contributed by atoms with Gasteiger partial charge in [0.25, 0.3) is 0 Å². The van der Waals surface area contributed by atoms with E-state index in [2.05, 4.69) is 6.92 Å². The largest absolute Gasteiger partial charge is 2.00 e. The standard InChI is InChI=1S/C5H11NO2.2H2O.Pt/c1-2-4(7)5(8)3-6;;;/h4-8H,1-3H2;2*1H2;/q-2;;;+2. The summed E-state index contributed by atoms with van der Waals surface area (Å²) in [6.45, 7) is 3.21. The van der Waals surface area contributed by atoms with Crippen molar-refractivity contribution in [3.8, 4) is 0 Å². The fraction of sp³-hybridized carbons (Fsp3) is 0.800. The van der Waals surface area contributed by atoms with Crippen LogP contribution in [0, 0.1) is 6.92 Å².